The first-order valence-electron chi connectivity index (χ1n) is 10.6. The smallest absolute Gasteiger partial charge is 0.407 e. The Bertz CT molecular complexity index is 922. The molecular formula is C24H25F2NO4. The van der Waals surface area contributed by atoms with Crippen molar-refractivity contribution in [3.8, 4) is 11.1 Å². The van der Waals surface area contributed by atoms with Crippen molar-refractivity contribution < 1.29 is 28.2 Å². The van der Waals surface area contributed by atoms with Crippen LogP contribution >= 0.6 is 0 Å². The minimum Gasteiger partial charge on any atom is -0.480 e. The van der Waals surface area contributed by atoms with Gasteiger partial charge in [-0.15, -0.1) is 0 Å². The number of alkyl carbamates (subject to hydrolysis) is 1. The summed E-state index contributed by atoms with van der Waals surface area (Å²) in [5, 5.41) is 11.9. The van der Waals surface area contributed by atoms with E-state index in [1.807, 2.05) is 48.5 Å². The third-order valence-electron chi connectivity index (χ3n) is 6.34. The van der Waals surface area contributed by atoms with Crippen molar-refractivity contribution in [3.63, 3.8) is 0 Å². The summed E-state index contributed by atoms with van der Waals surface area (Å²) in [6.45, 7) is 0.0852. The van der Waals surface area contributed by atoms with Gasteiger partial charge in [0.05, 0.1) is 0 Å². The second kappa shape index (κ2) is 8.65. The number of fused-ring (bicyclic) bond motifs is 3. The van der Waals surface area contributed by atoms with Crippen LogP contribution in [0.5, 0.6) is 0 Å². The molecule has 0 spiro atoms. The van der Waals surface area contributed by atoms with Gasteiger partial charge in [-0.05, 0) is 47.4 Å². The lowest BCUT2D eigenvalue weighted by atomic mass is 9.83. The molecule has 4 rings (SSSR count). The molecule has 0 saturated heterocycles. The minimum atomic E-state index is -2.67. The second-order valence-corrected chi connectivity index (χ2v) is 8.40. The SMILES string of the molecule is O=C(N[C@@H](CC1CCC(F)(F)CC1)C(=O)O)OCC1c2ccccc2-c2ccccc21. The molecular weight excluding hydrogens is 404 g/mol. The highest BCUT2D eigenvalue weighted by Gasteiger charge is 2.37. The summed E-state index contributed by atoms with van der Waals surface area (Å²) in [5.41, 5.74) is 4.33. The Morgan fingerprint density at radius 3 is 2.13 bits per heavy atom. The van der Waals surface area contributed by atoms with Crippen molar-refractivity contribution >= 4 is 12.1 Å². The molecule has 7 heteroatoms. The number of ether oxygens (including phenoxy) is 1. The molecule has 5 nitrogen and oxygen atoms in total. The number of nitrogens with one attached hydrogen (secondary N) is 1. The van der Waals surface area contributed by atoms with Gasteiger partial charge in [-0.3, -0.25) is 0 Å². The molecule has 2 aliphatic rings. The van der Waals surface area contributed by atoms with Crippen molar-refractivity contribution in [2.24, 2.45) is 5.92 Å². The van der Waals surface area contributed by atoms with Crippen LogP contribution in [-0.4, -0.2) is 35.7 Å². The molecule has 0 aliphatic heterocycles. The molecule has 164 valence electrons. The lowest BCUT2D eigenvalue weighted by Crippen LogP contribution is -2.43. The maximum atomic E-state index is 13.3. The van der Waals surface area contributed by atoms with E-state index < -0.39 is 24.0 Å². The van der Waals surface area contributed by atoms with Gasteiger partial charge in [0.1, 0.15) is 12.6 Å². The average molecular weight is 429 g/mol. The van der Waals surface area contributed by atoms with Crippen molar-refractivity contribution in [1.82, 2.24) is 5.32 Å². The third-order valence-corrected chi connectivity index (χ3v) is 6.34. The maximum absolute atomic E-state index is 13.3. The first-order valence-corrected chi connectivity index (χ1v) is 10.6. The molecule has 0 aromatic heterocycles. The molecule has 1 saturated carbocycles. The molecule has 2 aliphatic carbocycles. The van der Waals surface area contributed by atoms with Crippen LogP contribution in [0.25, 0.3) is 11.1 Å². The van der Waals surface area contributed by atoms with Gasteiger partial charge < -0.3 is 15.2 Å². The van der Waals surface area contributed by atoms with Crippen molar-refractivity contribution in [2.45, 2.75) is 50.0 Å². The largest absolute Gasteiger partial charge is 0.480 e. The monoisotopic (exact) mass is 429 g/mol. The lowest BCUT2D eigenvalue weighted by Gasteiger charge is -2.29. The normalized spacial score (nSPS) is 18.6. The zero-order valence-corrected chi connectivity index (χ0v) is 17.0. The molecule has 2 aromatic rings. The predicted molar refractivity (Wildman–Crippen MR) is 111 cm³/mol. The molecule has 1 fully saturated rings. The zero-order chi connectivity index (χ0) is 22.0. The third kappa shape index (κ3) is 4.70. The number of amides is 1. The highest BCUT2D eigenvalue weighted by Crippen LogP contribution is 2.44. The van der Waals surface area contributed by atoms with E-state index in [1.165, 1.54) is 0 Å². The van der Waals surface area contributed by atoms with Gasteiger partial charge in [0.25, 0.3) is 0 Å². The average Bonchev–Trinajstić information content (AvgIpc) is 3.07. The summed E-state index contributed by atoms with van der Waals surface area (Å²) < 4.78 is 32.1. The highest BCUT2D eigenvalue weighted by molar-refractivity contribution is 5.81. The van der Waals surface area contributed by atoms with Gasteiger partial charge in [0.15, 0.2) is 0 Å². The summed E-state index contributed by atoms with van der Waals surface area (Å²) in [6, 6.07) is 14.7. The highest BCUT2D eigenvalue weighted by atomic mass is 19.3. The van der Waals surface area contributed by atoms with E-state index in [2.05, 4.69) is 5.32 Å². The number of alkyl halides is 2. The first kappa shape index (κ1) is 21.3. The quantitative estimate of drug-likeness (QED) is 0.662. The summed E-state index contributed by atoms with van der Waals surface area (Å²) in [6.07, 6.45) is -0.665. The van der Waals surface area contributed by atoms with E-state index in [0.29, 0.717) is 0 Å². The van der Waals surface area contributed by atoms with E-state index >= 15 is 0 Å². The van der Waals surface area contributed by atoms with Crippen molar-refractivity contribution in [2.75, 3.05) is 6.61 Å². The van der Waals surface area contributed by atoms with E-state index in [0.717, 1.165) is 22.3 Å². The summed E-state index contributed by atoms with van der Waals surface area (Å²) in [5.74, 6) is -4.14. The molecule has 31 heavy (non-hydrogen) atoms. The summed E-state index contributed by atoms with van der Waals surface area (Å²) in [7, 11) is 0. The second-order valence-electron chi connectivity index (χ2n) is 8.40. The number of carbonyl (C=O) groups is 2. The van der Waals surface area contributed by atoms with Crippen LogP contribution in [0.4, 0.5) is 13.6 Å². The van der Waals surface area contributed by atoms with Gasteiger partial charge >= 0.3 is 12.1 Å². The molecule has 2 N–H and O–H groups in total. The fraction of sp³-hybridized carbons (Fsp3) is 0.417. The molecule has 0 heterocycles. The van der Waals surface area contributed by atoms with Crippen molar-refractivity contribution in [1.29, 1.82) is 0 Å². The van der Waals surface area contributed by atoms with Gasteiger partial charge in [0.2, 0.25) is 5.92 Å². The van der Waals surface area contributed by atoms with E-state index in [-0.39, 0.29) is 50.5 Å². The Labute approximate surface area is 179 Å². The van der Waals surface area contributed by atoms with Crippen LogP contribution < -0.4 is 5.32 Å². The molecule has 1 amide bonds. The molecule has 0 bridgehead atoms. The summed E-state index contributed by atoms with van der Waals surface area (Å²) >= 11 is 0. The Kier molecular flexibility index (Phi) is 5.94. The van der Waals surface area contributed by atoms with E-state index in [1.54, 1.807) is 0 Å². The standard InChI is InChI=1S/C24H25F2NO4/c25-24(26)11-9-15(10-12-24)13-21(22(28)29)27-23(30)31-14-20-18-7-3-1-5-16(18)17-6-2-4-8-19(17)20/h1-8,15,20-21H,9-14H2,(H,27,30)(H,28,29)/t21-/m0/s1. The lowest BCUT2D eigenvalue weighted by molar-refractivity contribution is -0.140. The van der Waals surface area contributed by atoms with E-state index in [9.17, 15) is 23.5 Å². The van der Waals surface area contributed by atoms with Crippen LogP contribution in [0.1, 0.15) is 49.1 Å². The zero-order valence-electron chi connectivity index (χ0n) is 17.0. The van der Waals surface area contributed by atoms with Crippen molar-refractivity contribution in [3.05, 3.63) is 59.7 Å². The minimum absolute atomic E-state index is 0.0852. The number of aliphatic carboxylic acids is 1. The van der Waals surface area contributed by atoms with E-state index in [4.69, 9.17) is 4.74 Å². The van der Waals surface area contributed by atoms with Crippen LogP contribution in [0, 0.1) is 5.92 Å². The van der Waals surface area contributed by atoms with Gasteiger partial charge in [-0.25, -0.2) is 18.4 Å². The fourth-order valence-electron chi connectivity index (χ4n) is 4.67. The molecule has 0 unspecified atom stereocenters. The van der Waals surface area contributed by atoms with Crippen LogP contribution in [0.3, 0.4) is 0 Å². The van der Waals surface area contributed by atoms with Gasteiger partial charge in [-0.2, -0.15) is 0 Å². The topological polar surface area (TPSA) is 75.6 Å². The molecule has 2 aromatic carbocycles. The molecule has 0 radical (unpaired) electrons. The molecule has 1 atom stereocenters. The first-order chi connectivity index (χ1) is 14.8. The Hall–Kier alpha value is -2.96. The number of hydrogen-bond acceptors (Lipinski definition) is 3. The maximum Gasteiger partial charge on any atom is 0.407 e. The number of carbonyl (C=O) groups excluding carboxylic acids is 1. The van der Waals surface area contributed by atoms with Crippen LogP contribution in [-0.2, 0) is 9.53 Å². The Morgan fingerprint density at radius 1 is 1.03 bits per heavy atom. The van der Waals surface area contributed by atoms with Crippen LogP contribution in [0.15, 0.2) is 48.5 Å². The number of carboxylic acids is 1. The number of halogens is 2. The Balaban J connectivity index is 1.37. The number of carboxylic acid groups (broad SMARTS) is 1. The predicted octanol–water partition coefficient (Wildman–Crippen LogP) is 5.19. The number of hydrogen-bond donors (Lipinski definition) is 2. The number of rotatable bonds is 6. The van der Waals surface area contributed by atoms with Gasteiger partial charge in [0, 0.05) is 18.8 Å². The fourth-order valence-corrected chi connectivity index (χ4v) is 4.67. The summed E-state index contributed by atoms with van der Waals surface area (Å²) in [4.78, 5) is 24.0. The van der Waals surface area contributed by atoms with Gasteiger partial charge in [-0.1, -0.05) is 48.5 Å². The van der Waals surface area contributed by atoms with Crippen LogP contribution in [0.2, 0.25) is 0 Å². The number of benzene rings is 2. The Morgan fingerprint density at radius 2 is 1.58 bits per heavy atom.